The van der Waals surface area contributed by atoms with Gasteiger partial charge in [-0.05, 0) is 86.6 Å². The van der Waals surface area contributed by atoms with E-state index in [1.807, 2.05) is 30.3 Å². The fraction of sp³-hybridized carbons (Fsp3) is 0.258. The van der Waals surface area contributed by atoms with Gasteiger partial charge in [-0.15, -0.1) is 0 Å². The lowest BCUT2D eigenvalue weighted by atomic mass is 10.1. The molecule has 1 aliphatic heterocycles. The average Bonchev–Trinajstić information content (AvgIpc) is 3.21. The molecule has 1 heterocycles. The molecule has 1 atom stereocenters. The summed E-state index contributed by atoms with van der Waals surface area (Å²) in [4.78, 5) is 54.0. The number of thiocarbonyl (C=S) groups is 1. The first-order chi connectivity index (χ1) is 19.8. The number of nitrogens with one attached hydrogen (secondary N) is 1. The van der Waals surface area contributed by atoms with Gasteiger partial charge >= 0.3 is 11.9 Å². The number of esters is 2. The van der Waals surface area contributed by atoms with Gasteiger partial charge in [0.15, 0.2) is 5.11 Å². The first-order valence-corrected chi connectivity index (χ1v) is 13.8. The molecule has 0 aromatic heterocycles. The van der Waals surface area contributed by atoms with Gasteiger partial charge in [-0.1, -0.05) is 30.3 Å². The lowest BCUT2D eigenvalue weighted by Gasteiger charge is -2.24. The van der Waals surface area contributed by atoms with Crippen LogP contribution in [0, 0.1) is 0 Å². The molecule has 0 spiro atoms. The Morgan fingerprint density at radius 3 is 1.95 bits per heavy atom. The Kier molecular flexibility index (Phi) is 9.81. The lowest BCUT2D eigenvalue weighted by molar-refractivity contribution is -0.124. The molecule has 1 saturated heterocycles. The maximum Gasteiger partial charge on any atom is 0.338 e. The highest BCUT2D eigenvalue weighted by molar-refractivity contribution is 7.80. The third-order valence-electron chi connectivity index (χ3n) is 6.50. The van der Waals surface area contributed by atoms with Crippen molar-refractivity contribution in [2.24, 2.45) is 0 Å². The van der Waals surface area contributed by atoms with Gasteiger partial charge in [0.05, 0.1) is 36.4 Å². The van der Waals surface area contributed by atoms with Crippen molar-refractivity contribution in [3.63, 3.8) is 0 Å². The van der Waals surface area contributed by atoms with E-state index in [0.29, 0.717) is 35.5 Å². The van der Waals surface area contributed by atoms with Crippen LogP contribution in [0.5, 0.6) is 0 Å². The van der Waals surface area contributed by atoms with Crippen molar-refractivity contribution in [3.8, 4) is 0 Å². The second-order valence-electron chi connectivity index (χ2n) is 9.22. The number of carbonyl (C=O) groups is 4. The van der Waals surface area contributed by atoms with E-state index in [2.05, 4.69) is 5.32 Å². The number of nitrogens with zero attached hydrogens (tertiary/aromatic N) is 2. The molecular formula is C31H31N3O6S. The summed E-state index contributed by atoms with van der Waals surface area (Å²) in [5.41, 5.74) is 2.79. The van der Waals surface area contributed by atoms with Crippen LogP contribution in [0.25, 0.3) is 0 Å². The molecule has 41 heavy (non-hydrogen) atoms. The molecule has 212 valence electrons. The smallest absolute Gasteiger partial charge is 0.338 e. The van der Waals surface area contributed by atoms with Crippen LogP contribution >= 0.6 is 12.2 Å². The Bertz CT molecular complexity index is 1410. The largest absolute Gasteiger partial charge is 0.462 e. The molecule has 1 unspecified atom stereocenters. The molecule has 1 N–H and O–H groups in total. The first-order valence-electron chi connectivity index (χ1n) is 13.3. The van der Waals surface area contributed by atoms with E-state index in [4.69, 9.17) is 21.7 Å². The maximum absolute atomic E-state index is 13.7. The van der Waals surface area contributed by atoms with Gasteiger partial charge in [-0.25, -0.2) is 9.59 Å². The standard InChI is InChI=1S/C31H31N3O6S/c1-3-39-29(37)22-10-14-24(15-11-22)32-27(35)20-26-28(36)34(25-16-12-23(13-17-25)30(38)40-4-2)31(41)33(26)19-18-21-8-6-5-7-9-21/h5-17,26H,3-4,18-20H2,1-2H3,(H,32,35). The summed E-state index contributed by atoms with van der Waals surface area (Å²) in [6.07, 6.45) is 0.488. The van der Waals surface area contributed by atoms with Crippen molar-refractivity contribution >= 4 is 52.5 Å². The van der Waals surface area contributed by atoms with E-state index < -0.39 is 18.0 Å². The van der Waals surface area contributed by atoms with Crippen LogP contribution < -0.4 is 10.2 Å². The second-order valence-corrected chi connectivity index (χ2v) is 9.58. The molecule has 9 nitrogen and oxygen atoms in total. The van der Waals surface area contributed by atoms with Gasteiger partial charge in [0.1, 0.15) is 6.04 Å². The summed E-state index contributed by atoms with van der Waals surface area (Å²) in [5.74, 6) is -1.61. The Labute approximate surface area is 244 Å². The van der Waals surface area contributed by atoms with E-state index >= 15 is 0 Å². The number of hydrogen-bond acceptors (Lipinski definition) is 7. The van der Waals surface area contributed by atoms with E-state index in [0.717, 1.165) is 5.56 Å². The third kappa shape index (κ3) is 7.15. The number of benzene rings is 3. The third-order valence-corrected chi connectivity index (χ3v) is 6.92. The summed E-state index contributed by atoms with van der Waals surface area (Å²) >= 11 is 5.75. The van der Waals surface area contributed by atoms with Crippen LogP contribution in [-0.4, -0.2) is 59.6 Å². The molecule has 0 aliphatic carbocycles. The quantitative estimate of drug-likeness (QED) is 0.262. The highest BCUT2D eigenvalue weighted by atomic mass is 32.1. The fourth-order valence-electron chi connectivity index (χ4n) is 4.47. The summed E-state index contributed by atoms with van der Waals surface area (Å²) in [5, 5.41) is 3.08. The summed E-state index contributed by atoms with van der Waals surface area (Å²) in [6.45, 7) is 4.41. The van der Waals surface area contributed by atoms with Crippen molar-refractivity contribution in [2.45, 2.75) is 32.7 Å². The minimum Gasteiger partial charge on any atom is -0.462 e. The number of anilines is 2. The molecule has 0 bridgehead atoms. The Morgan fingerprint density at radius 1 is 0.829 bits per heavy atom. The van der Waals surface area contributed by atoms with Crippen molar-refractivity contribution in [3.05, 3.63) is 95.6 Å². The lowest BCUT2D eigenvalue weighted by Crippen LogP contribution is -2.39. The Morgan fingerprint density at radius 2 is 1.39 bits per heavy atom. The van der Waals surface area contributed by atoms with E-state index in [9.17, 15) is 19.2 Å². The van der Waals surface area contributed by atoms with Gasteiger partial charge in [-0.3, -0.25) is 14.5 Å². The van der Waals surface area contributed by atoms with Gasteiger partial charge in [-0.2, -0.15) is 0 Å². The molecule has 2 amide bonds. The summed E-state index contributed by atoms with van der Waals surface area (Å²) in [6, 6.07) is 21.8. The zero-order chi connectivity index (χ0) is 29.4. The summed E-state index contributed by atoms with van der Waals surface area (Å²) in [7, 11) is 0. The van der Waals surface area contributed by atoms with Crippen LogP contribution in [0.2, 0.25) is 0 Å². The number of ether oxygens (including phenoxy) is 2. The second kappa shape index (κ2) is 13.7. The molecule has 4 rings (SSSR count). The van der Waals surface area contributed by atoms with Crippen molar-refractivity contribution in [1.82, 2.24) is 4.90 Å². The topological polar surface area (TPSA) is 105 Å². The van der Waals surface area contributed by atoms with Gasteiger partial charge < -0.3 is 19.7 Å². The number of rotatable bonds is 11. The SMILES string of the molecule is CCOC(=O)c1ccc(NC(=O)CC2C(=O)N(c3ccc(C(=O)OCC)cc3)C(=S)N2CCc2ccccc2)cc1. The minimum absolute atomic E-state index is 0.134. The van der Waals surface area contributed by atoms with E-state index in [1.54, 1.807) is 67.3 Å². The number of hydrogen-bond donors (Lipinski definition) is 1. The van der Waals surface area contributed by atoms with Crippen LogP contribution in [0.1, 0.15) is 46.5 Å². The molecular weight excluding hydrogens is 542 g/mol. The van der Waals surface area contributed by atoms with Gasteiger partial charge in [0.25, 0.3) is 5.91 Å². The highest BCUT2D eigenvalue weighted by Crippen LogP contribution is 2.28. The van der Waals surface area contributed by atoms with Gasteiger partial charge in [0, 0.05) is 12.2 Å². The molecule has 1 aliphatic rings. The van der Waals surface area contributed by atoms with Crippen LogP contribution in [0.15, 0.2) is 78.9 Å². The van der Waals surface area contributed by atoms with Gasteiger partial charge in [0.2, 0.25) is 5.91 Å². The Hall–Kier alpha value is -4.57. The fourth-order valence-corrected chi connectivity index (χ4v) is 4.89. The normalized spacial score (nSPS) is 14.6. The van der Waals surface area contributed by atoms with Crippen LogP contribution in [-0.2, 0) is 25.5 Å². The van der Waals surface area contributed by atoms with Crippen molar-refractivity contribution in [2.75, 3.05) is 30.0 Å². The first kappa shape index (κ1) is 29.4. The van der Waals surface area contributed by atoms with E-state index in [-0.39, 0.29) is 36.6 Å². The maximum atomic E-state index is 13.7. The molecule has 0 radical (unpaired) electrons. The van der Waals surface area contributed by atoms with Crippen LogP contribution in [0.3, 0.4) is 0 Å². The molecule has 1 fully saturated rings. The summed E-state index contributed by atoms with van der Waals surface area (Å²) < 4.78 is 10.0. The Balaban J connectivity index is 1.52. The zero-order valence-electron chi connectivity index (χ0n) is 22.9. The van der Waals surface area contributed by atoms with Crippen molar-refractivity contribution in [1.29, 1.82) is 0 Å². The monoisotopic (exact) mass is 573 g/mol. The average molecular weight is 574 g/mol. The van der Waals surface area contributed by atoms with Crippen molar-refractivity contribution < 1.29 is 28.7 Å². The van der Waals surface area contributed by atoms with E-state index in [1.165, 1.54) is 4.90 Å². The minimum atomic E-state index is -0.824. The number of carbonyl (C=O) groups excluding carboxylic acids is 4. The molecule has 3 aromatic rings. The molecule has 10 heteroatoms. The molecule has 3 aromatic carbocycles. The zero-order valence-corrected chi connectivity index (χ0v) is 23.7. The highest BCUT2D eigenvalue weighted by Gasteiger charge is 2.44. The number of amides is 2. The predicted molar refractivity (Wildman–Crippen MR) is 159 cm³/mol. The van der Waals surface area contributed by atoms with Crippen LogP contribution in [0.4, 0.5) is 11.4 Å². The molecule has 0 saturated carbocycles. The predicted octanol–water partition coefficient (Wildman–Crippen LogP) is 4.61.